The Hall–Kier alpha value is -2.33. The molecule has 0 saturated carbocycles. The van der Waals surface area contributed by atoms with E-state index in [2.05, 4.69) is 10.6 Å². The highest BCUT2D eigenvalue weighted by atomic mass is 35.5. The molecule has 2 aromatic carbocycles. The predicted octanol–water partition coefficient (Wildman–Crippen LogP) is 2.70. The first kappa shape index (κ1) is 17.0. The molecule has 4 nitrogen and oxygen atoms in total. The van der Waals surface area contributed by atoms with Gasteiger partial charge in [0, 0.05) is 24.9 Å². The summed E-state index contributed by atoms with van der Waals surface area (Å²) in [5, 5.41) is 6.20. The van der Waals surface area contributed by atoms with E-state index in [1.54, 1.807) is 12.1 Å². The minimum Gasteiger partial charge on any atom is -0.350 e. The molecule has 0 saturated heterocycles. The molecule has 0 spiro atoms. The lowest BCUT2D eigenvalue weighted by Gasteiger charge is -2.18. The van der Waals surface area contributed by atoms with Gasteiger partial charge in [-0.1, -0.05) is 54.1 Å². The quantitative estimate of drug-likeness (QED) is 0.855. The SMILES string of the molecule is CC(=O)N[C@@H](Cc1ccccc1)C(=O)NCc1ccc(Cl)cc1. The highest BCUT2D eigenvalue weighted by Gasteiger charge is 2.19. The van der Waals surface area contributed by atoms with Crippen LogP contribution in [0.2, 0.25) is 5.02 Å². The van der Waals surface area contributed by atoms with Crippen LogP contribution in [0.25, 0.3) is 0 Å². The number of hydrogen-bond donors (Lipinski definition) is 2. The van der Waals surface area contributed by atoms with Crippen molar-refractivity contribution in [2.75, 3.05) is 0 Å². The highest BCUT2D eigenvalue weighted by Crippen LogP contribution is 2.09. The Balaban J connectivity index is 1.98. The molecule has 0 aliphatic carbocycles. The summed E-state index contributed by atoms with van der Waals surface area (Å²) in [5.41, 5.74) is 1.94. The summed E-state index contributed by atoms with van der Waals surface area (Å²) >= 11 is 5.84. The first-order chi connectivity index (χ1) is 11.0. The van der Waals surface area contributed by atoms with Gasteiger partial charge in [0.25, 0.3) is 0 Å². The minimum atomic E-state index is -0.595. The summed E-state index contributed by atoms with van der Waals surface area (Å²) in [6, 6.07) is 16.3. The molecule has 1 atom stereocenters. The fraction of sp³-hybridized carbons (Fsp3) is 0.222. The van der Waals surface area contributed by atoms with Gasteiger partial charge >= 0.3 is 0 Å². The summed E-state index contributed by atoms with van der Waals surface area (Å²) < 4.78 is 0. The van der Waals surface area contributed by atoms with E-state index < -0.39 is 6.04 Å². The van der Waals surface area contributed by atoms with E-state index in [1.807, 2.05) is 42.5 Å². The Bertz CT molecular complexity index is 656. The molecule has 0 aliphatic rings. The van der Waals surface area contributed by atoms with E-state index in [0.29, 0.717) is 18.0 Å². The van der Waals surface area contributed by atoms with Crippen LogP contribution < -0.4 is 10.6 Å². The van der Waals surface area contributed by atoms with Gasteiger partial charge in [0.2, 0.25) is 11.8 Å². The van der Waals surface area contributed by atoms with Crippen molar-refractivity contribution in [1.82, 2.24) is 10.6 Å². The van der Waals surface area contributed by atoms with Crippen molar-refractivity contribution in [3.8, 4) is 0 Å². The lowest BCUT2D eigenvalue weighted by molar-refractivity contribution is -0.128. The Morgan fingerprint density at radius 2 is 1.65 bits per heavy atom. The maximum atomic E-state index is 12.4. The van der Waals surface area contributed by atoms with Crippen molar-refractivity contribution in [1.29, 1.82) is 0 Å². The van der Waals surface area contributed by atoms with Gasteiger partial charge < -0.3 is 10.6 Å². The summed E-state index contributed by atoms with van der Waals surface area (Å²) in [7, 11) is 0. The van der Waals surface area contributed by atoms with Crippen LogP contribution in [-0.4, -0.2) is 17.9 Å². The number of hydrogen-bond acceptors (Lipinski definition) is 2. The molecule has 0 unspecified atom stereocenters. The van der Waals surface area contributed by atoms with Gasteiger partial charge in [-0.2, -0.15) is 0 Å². The van der Waals surface area contributed by atoms with Gasteiger partial charge in [-0.3, -0.25) is 9.59 Å². The van der Waals surface area contributed by atoms with Crippen molar-refractivity contribution in [2.45, 2.75) is 25.9 Å². The fourth-order valence-corrected chi connectivity index (χ4v) is 2.35. The fourth-order valence-electron chi connectivity index (χ4n) is 2.22. The molecule has 0 aliphatic heterocycles. The van der Waals surface area contributed by atoms with Crippen LogP contribution in [0.3, 0.4) is 0 Å². The third-order valence-electron chi connectivity index (χ3n) is 3.36. The lowest BCUT2D eigenvalue weighted by Crippen LogP contribution is -2.47. The smallest absolute Gasteiger partial charge is 0.243 e. The van der Waals surface area contributed by atoms with Gasteiger partial charge in [-0.25, -0.2) is 0 Å². The topological polar surface area (TPSA) is 58.2 Å². The number of halogens is 1. The maximum absolute atomic E-state index is 12.4. The Morgan fingerprint density at radius 1 is 1.00 bits per heavy atom. The Morgan fingerprint density at radius 3 is 2.26 bits per heavy atom. The summed E-state index contributed by atoms with van der Waals surface area (Å²) in [6.07, 6.45) is 0.451. The number of nitrogens with one attached hydrogen (secondary N) is 2. The molecule has 5 heteroatoms. The Kier molecular flexibility index (Phi) is 6.18. The molecule has 2 rings (SSSR count). The average molecular weight is 331 g/mol. The molecule has 2 amide bonds. The van der Waals surface area contributed by atoms with Crippen LogP contribution in [0.15, 0.2) is 54.6 Å². The Labute approximate surface area is 140 Å². The van der Waals surface area contributed by atoms with Crippen molar-refractivity contribution in [3.05, 3.63) is 70.7 Å². The second-order valence-corrected chi connectivity index (χ2v) is 5.72. The first-order valence-corrected chi connectivity index (χ1v) is 7.75. The largest absolute Gasteiger partial charge is 0.350 e. The molecular formula is C18H19ClN2O2. The zero-order valence-electron chi connectivity index (χ0n) is 12.9. The van der Waals surface area contributed by atoms with Crippen molar-refractivity contribution >= 4 is 23.4 Å². The van der Waals surface area contributed by atoms with Crippen LogP contribution in [-0.2, 0) is 22.6 Å². The van der Waals surface area contributed by atoms with E-state index in [0.717, 1.165) is 11.1 Å². The molecule has 0 fully saturated rings. The van der Waals surface area contributed by atoms with Gasteiger partial charge in [0.15, 0.2) is 0 Å². The van der Waals surface area contributed by atoms with Crippen molar-refractivity contribution in [2.24, 2.45) is 0 Å². The first-order valence-electron chi connectivity index (χ1n) is 7.38. The zero-order valence-corrected chi connectivity index (χ0v) is 13.6. The number of carbonyl (C=O) groups excluding carboxylic acids is 2. The van der Waals surface area contributed by atoms with Crippen LogP contribution >= 0.6 is 11.6 Å². The van der Waals surface area contributed by atoms with Crippen LogP contribution in [0.4, 0.5) is 0 Å². The standard InChI is InChI=1S/C18H19ClN2O2/c1-13(22)21-17(11-14-5-3-2-4-6-14)18(23)20-12-15-7-9-16(19)10-8-15/h2-10,17H,11-12H2,1H3,(H,20,23)(H,21,22)/t17-/m0/s1. The molecule has 0 heterocycles. The average Bonchev–Trinajstić information content (AvgIpc) is 2.54. The zero-order chi connectivity index (χ0) is 16.7. The molecule has 23 heavy (non-hydrogen) atoms. The third-order valence-corrected chi connectivity index (χ3v) is 3.61. The lowest BCUT2D eigenvalue weighted by atomic mass is 10.1. The van der Waals surface area contributed by atoms with Gasteiger partial charge in [0.05, 0.1) is 0 Å². The summed E-state index contributed by atoms with van der Waals surface area (Å²) in [4.78, 5) is 23.7. The van der Waals surface area contributed by atoms with Gasteiger partial charge in [-0.15, -0.1) is 0 Å². The second kappa shape index (κ2) is 8.34. The molecule has 0 aromatic heterocycles. The number of rotatable bonds is 6. The molecule has 0 radical (unpaired) electrons. The van der Waals surface area contributed by atoms with Crippen molar-refractivity contribution < 1.29 is 9.59 Å². The van der Waals surface area contributed by atoms with Crippen LogP contribution in [0.1, 0.15) is 18.1 Å². The van der Waals surface area contributed by atoms with E-state index in [9.17, 15) is 9.59 Å². The third kappa shape index (κ3) is 5.75. The van der Waals surface area contributed by atoms with Crippen molar-refractivity contribution in [3.63, 3.8) is 0 Å². The van der Waals surface area contributed by atoms with E-state index in [1.165, 1.54) is 6.92 Å². The monoisotopic (exact) mass is 330 g/mol. The van der Waals surface area contributed by atoms with E-state index in [4.69, 9.17) is 11.6 Å². The van der Waals surface area contributed by atoms with E-state index in [-0.39, 0.29) is 11.8 Å². The molecule has 2 N–H and O–H groups in total. The minimum absolute atomic E-state index is 0.209. The molecule has 120 valence electrons. The van der Waals surface area contributed by atoms with Gasteiger partial charge in [0.1, 0.15) is 6.04 Å². The molecule has 0 bridgehead atoms. The normalized spacial score (nSPS) is 11.6. The summed E-state index contributed by atoms with van der Waals surface area (Å²) in [5.74, 6) is -0.438. The molecular weight excluding hydrogens is 312 g/mol. The predicted molar refractivity (Wildman–Crippen MR) is 91.0 cm³/mol. The second-order valence-electron chi connectivity index (χ2n) is 5.29. The molecule has 2 aromatic rings. The number of amides is 2. The van der Waals surface area contributed by atoms with Gasteiger partial charge in [-0.05, 0) is 23.3 Å². The van der Waals surface area contributed by atoms with Crippen LogP contribution in [0, 0.1) is 0 Å². The summed E-state index contributed by atoms with van der Waals surface area (Å²) in [6.45, 7) is 1.80. The van der Waals surface area contributed by atoms with Crippen LogP contribution in [0.5, 0.6) is 0 Å². The number of carbonyl (C=O) groups is 2. The van der Waals surface area contributed by atoms with E-state index >= 15 is 0 Å². The number of benzene rings is 2. The highest BCUT2D eigenvalue weighted by molar-refractivity contribution is 6.30. The maximum Gasteiger partial charge on any atom is 0.243 e.